The molecule has 1 aromatic carbocycles. The van der Waals surface area contributed by atoms with E-state index in [1.54, 1.807) is 23.5 Å². The van der Waals surface area contributed by atoms with Crippen molar-refractivity contribution in [1.29, 1.82) is 0 Å². The van der Waals surface area contributed by atoms with E-state index >= 15 is 0 Å². The molecule has 0 aliphatic heterocycles. The van der Waals surface area contributed by atoms with Gasteiger partial charge in [0.2, 0.25) is 0 Å². The number of aryl methyl sites for hydroxylation is 1. The summed E-state index contributed by atoms with van der Waals surface area (Å²) in [5.41, 5.74) is 7.59. The molecule has 0 radical (unpaired) electrons. The monoisotopic (exact) mass is 302 g/mol. The Morgan fingerprint density at radius 1 is 1.38 bits per heavy atom. The Labute approximate surface area is 127 Å². The normalized spacial score (nSPS) is 17.0. The molecular formula is C16H18N2O2S. The zero-order valence-electron chi connectivity index (χ0n) is 11.7. The molecular weight excluding hydrogens is 284 g/mol. The highest BCUT2D eigenvalue weighted by molar-refractivity contribution is 7.10. The Morgan fingerprint density at radius 2 is 2.24 bits per heavy atom. The van der Waals surface area contributed by atoms with Gasteiger partial charge in [-0.25, -0.2) is 0 Å². The van der Waals surface area contributed by atoms with Gasteiger partial charge < -0.3 is 15.8 Å². The van der Waals surface area contributed by atoms with E-state index in [0.29, 0.717) is 11.4 Å². The number of ether oxygens (including phenoxy) is 1. The van der Waals surface area contributed by atoms with Gasteiger partial charge in [0.25, 0.3) is 5.91 Å². The summed E-state index contributed by atoms with van der Waals surface area (Å²) < 4.78 is 5.48. The molecule has 0 fully saturated rings. The number of nitrogen functional groups attached to an aromatic ring is 1. The number of para-hydroxylation sites is 2. The minimum absolute atomic E-state index is 0.00974. The van der Waals surface area contributed by atoms with Crippen molar-refractivity contribution in [3.05, 3.63) is 46.2 Å². The molecule has 5 heteroatoms. The van der Waals surface area contributed by atoms with Gasteiger partial charge >= 0.3 is 0 Å². The van der Waals surface area contributed by atoms with Gasteiger partial charge in [0.1, 0.15) is 5.75 Å². The summed E-state index contributed by atoms with van der Waals surface area (Å²) in [6, 6.07) is 9.42. The van der Waals surface area contributed by atoms with Crippen molar-refractivity contribution < 1.29 is 9.53 Å². The molecule has 1 unspecified atom stereocenters. The molecule has 1 aliphatic carbocycles. The van der Waals surface area contributed by atoms with Gasteiger partial charge in [-0.15, -0.1) is 11.3 Å². The van der Waals surface area contributed by atoms with Gasteiger partial charge in [0.15, 0.2) is 6.61 Å². The van der Waals surface area contributed by atoms with Gasteiger partial charge in [-0.3, -0.25) is 4.79 Å². The van der Waals surface area contributed by atoms with E-state index in [9.17, 15) is 4.79 Å². The van der Waals surface area contributed by atoms with Crippen LogP contribution in [0.4, 0.5) is 5.69 Å². The molecule has 1 amide bonds. The van der Waals surface area contributed by atoms with Gasteiger partial charge in [-0.2, -0.15) is 0 Å². The van der Waals surface area contributed by atoms with Crippen molar-refractivity contribution in [2.45, 2.75) is 25.3 Å². The van der Waals surface area contributed by atoms with Crippen LogP contribution in [0.5, 0.6) is 5.75 Å². The smallest absolute Gasteiger partial charge is 0.258 e. The predicted molar refractivity (Wildman–Crippen MR) is 84.5 cm³/mol. The molecule has 0 bridgehead atoms. The second kappa shape index (κ2) is 6.18. The topological polar surface area (TPSA) is 64.3 Å². The number of thiophene rings is 1. The third-order valence-electron chi connectivity index (χ3n) is 3.66. The second-order valence-corrected chi connectivity index (χ2v) is 6.14. The summed E-state index contributed by atoms with van der Waals surface area (Å²) >= 11 is 1.77. The number of anilines is 1. The zero-order chi connectivity index (χ0) is 14.7. The first-order valence-corrected chi connectivity index (χ1v) is 7.95. The number of nitrogens with one attached hydrogen (secondary N) is 1. The maximum atomic E-state index is 12.1. The zero-order valence-corrected chi connectivity index (χ0v) is 12.5. The maximum absolute atomic E-state index is 12.1. The number of carbonyl (C=O) groups excluding carboxylic acids is 1. The van der Waals surface area contributed by atoms with Crippen LogP contribution in [0.2, 0.25) is 0 Å². The predicted octanol–water partition coefficient (Wildman–Crippen LogP) is 2.90. The summed E-state index contributed by atoms with van der Waals surface area (Å²) in [6.45, 7) is -0.00974. The van der Waals surface area contributed by atoms with Crippen LogP contribution in [0, 0.1) is 0 Å². The lowest BCUT2D eigenvalue weighted by atomic mass is 9.94. The molecule has 0 saturated carbocycles. The first-order chi connectivity index (χ1) is 10.2. The van der Waals surface area contributed by atoms with Crippen LogP contribution >= 0.6 is 11.3 Å². The summed E-state index contributed by atoms with van der Waals surface area (Å²) in [6.07, 6.45) is 3.23. The molecule has 1 heterocycles. The standard InChI is InChI=1S/C16H18N2O2S/c17-12-4-1-2-6-14(12)20-10-16(19)18-13-5-3-7-15-11(13)8-9-21-15/h1-2,4,6,8-9,13H,3,5,7,10,17H2,(H,18,19). The molecule has 21 heavy (non-hydrogen) atoms. The maximum Gasteiger partial charge on any atom is 0.258 e. The van der Waals surface area contributed by atoms with Crippen molar-refractivity contribution in [2.75, 3.05) is 12.3 Å². The van der Waals surface area contributed by atoms with Crippen molar-refractivity contribution in [1.82, 2.24) is 5.32 Å². The number of fused-ring (bicyclic) bond motifs is 1. The van der Waals surface area contributed by atoms with Crippen LogP contribution in [0.25, 0.3) is 0 Å². The first kappa shape index (κ1) is 13.9. The Balaban J connectivity index is 1.57. The number of rotatable bonds is 4. The van der Waals surface area contributed by atoms with Gasteiger partial charge in [0.05, 0.1) is 11.7 Å². The van der Waals surface area contributed by atoms with Gasteiger partial charge in [-0.05, 0) is 48.4 Å². The number of amides is 1. The molecule has 1 aliphatic rings. The van der Waals surface area contributed by atoms with Crippen molar-refractivity contribution in [2.24, 2.45) is 0 Å². The van der Waals surface area contributed by atoms with Gasteiger partial charge in [-0.1, -0.05) is 12.1 Å². The van der Waals surface area contributed by atoms with Crippen LogP contribution in [-0.4, -0.2) is 12.5 Å². The number of hydrogen-bond donors (Lipinski definition) is 2. The van der Waals surface area contributed by atoms with Crippen molar-refractivity contribution >= 4 is 22.9 Å². The molecule has 1 atom stereocenters. The Bertz CT molecular complexity index is 639. The number of carbonyl (C=O) groups is 1. The number of benzene rings is 1. The molecule has 1 aromatic heterocycles. The van der Waals surface area contributed by atoms with Crippen LogP contribution in [-0.2, 0) is 11.2 Å². The highest BCUT2D eigenvalue weighted by atomic mass is 32.1. The molecule has 2 aromatic rings. The lowest BCUT2D eigenvalue weighted by Crippen LogP contribution is -2.34. The fraction of sp³-hybridized carbons (Fsp3) is 0.312. The van der Waals surface area contributed by atoms with Crippen molar-refractivity contribution in [3.8, 4) is 5.75 Å². The summed E-state index contributed by atoms with van der Waals surface area (Å²) in [4.78, 5) is 13.4. The quantitative estimate of drug-likeness (QED) is 0.854. The largest absolute Gasteiger partial charge is 0.482 e. The van der Waals surface area contributed by atoms with Crippen molar-refractivity contribution in [3.63, 3.8) is 0 Å². The summed E-state index contributed by atoms with van der Waals surface area (Å²) in [5.74, 6) is 0.440. The summed E-state index contributed by atoms with van der Waals surface area (Å²) in [7, 11) is 0. The first-order valence-electron chi connectivity index (χ1n) is 7.07. The van der Waals surface area contributed by atoms with E-state index in [1.165, 1.54) is 10.4 Å². The molecule has 3 rings (SSSR count). The van der Waals surface area contributed by atoms with E-state index in [1.807, 2.05) is 12.1 Å². The number of hydrogen-bond acceptors (Lipinski definition) is 4. The molecule has 3 N–H and O–H groups in total. The fourth-order valence-electron chi connectivity index (χ4n) is 2.63. The highest BCUT2D eigenvalue weighted by Crippen LogP contribution is 2.33. The van der Waals surface area contributed by atoms with E-state index < -0.39 is 0 Å². The molecule has 0 spiro atoms. The fourth-order valence-corrected chi connectivity index (χ4v) is 3.62. The summed E-state index contributed by atoms with van der Waals surface area (Å²) in [5, 5.41) is 5.15. The van der Waals surface area contributed by atoms with E-state index in [2.05, 4.69) is 16.8 Å². The minimum atomic E-state index is -0.109. The van der Waals surface area contributed by atoms with Crippen LogP contribution in [0.3, 0.4) is 0 Å². The minimum Gasteiger partial charge on any atom is -0.482 e. The van der Waals surface area contributed by atoms with Gasteiger partial charge in [0, 0.05) is 4.88 Å². The Morgan fingerprint density at radius 3 is 3.10 bits per heavy atom. The second-order valence-electron chi connectivity index (χ2n) is 5.14. The van der Waals surface area contributed by atoms with Crippen LogP contribution in [0.1, 0.15) is 29.3 Å². The van der Waals surface area contributed by atoms with Crippen LogP contribution in [0.15, 0.2) is 35.7 Å². The SMILES string of the molecule is Nc1ccccc1OCC(=O)NC1CCCc2sccc21. The molecule has 110 valence electrons. The Hall–Kier alpha value is -2.01. The average molecular weight is 302 g/mol. The third kappa shape index (κ3) is 3.19. The third-order valence-corrected chi connectivity index (χ3v) is 4.66. The molecule has 0 saturated heterocycles. The lowest BCUT2D eigenvalue weighted by Gasteiger charge is -2.23. The Kier molecular flexibility index (Phi) is 4.10. The number of nitrogens with two attached hydrogens (primary N) is 1. The van der Waals surface area contributed by atoms with E-state index in [4.69, 9.17) is 10.5 Å². The van der Waals surface area contributed by atoms with Crippen LogP contribution < -0.4 is 15.8 Å². The van der Waals surface area contributed by atoms with E-state index in [0.717, 1.165) is 19.3 Å². The lowest BCUT2D eigenvalue weighted by molar-refractivity contribution is -0.123. The van der Waals surface area contributed by atoms with E-state index in [-0.39, 0.29) is 18.6 Å². The average Bonchev–Trinajstić information content (AvgIpc) is 2.96. The highest BCUT2D eigenvalue weighted by Gasteiger charge is 2.22. The molecule has 4 nitrogen and oxygen atoms in total.